The maximum Gasteiger partial charge on any atom is 0.595 e. The average molecular weight is 509 g/mol. The topological polar surface area (TPSA) is 21.5 Å². The lowest BCUT2D eigenvalue weighted by Crippen LogP contribution is -2.58. The van der Waals surface area contributed by atoms with Crippen LogP contribution in [0.3, 0.4) is 0 Å². The minimum absolute atomic E-state index is 0.280. The van der Waals surface area contributed by atoms with Gasteiger partial charge in [-0.1, -0.05) is 141 Å². The monoisotopic (exact) mass is 509 g/mol. The van der Waals surface area contributed by atoms with Gasteiger partial charge in [-0.3, -0.25) is 0 Å². The van der Waals surface area contributed by atoms with Crippen molar-refractivity contribution < 1.29 is 13.8 Å². The molecule has 1 fully saturated rings. The van der Waals surface area contributed by atoms with E-state index in [-0.39, 0.29) is 6.10 Å². The first-order valence-electron chi connectivity index (χ1n) is 14.1. The Morgan fingerprint density at radius 2 is 1.33 bits per heavy atom. The fourth-order valence-corrected chi connectivity index (χ4v) is 6.80. The van der Waals surface area contributed by atoms with Crippen LogP contribution in [0, 0.1) is 0 Å². The summed E-state index contributed by atoms with van der Waals surface area (Å²) < 4.78 is 17.0. The van der Waals surface area contributed by atoms with E-state index in [0.717, 1.165) is 36.0 Å². The van der Waals surface area contributed by atoms with E-state index < -0.39 is 12.2 Å². The van der Waals surface area contributed by atoms with E-state index >= 15 is 0 Å². The molecule has 0 bridgehead atoms. The third-order valence-corrected chi connectivity index (χ3v) is 8.52. The zero-order valence-corrected chi connectivity index (χ0v) is 22.2. The second kappa shape index (κ2) is 9.55. The van der Waals surface area contributed by atoms with Crippen molar-refractivity contribution in [2.24, 2.45) is 0 Å². The molecule has 2 aliphatic rings. The number of hydrogen-bond acceptors (Lipinski definition) is 2. The molecule has 7 rings (SSSR count). The van der Waals surface area contributed by atoms with Crippen molar-refractivity contribution in [3.63, 3.8) is 0 Å². The number of nitrogens with zero attached hydrogens (tertiary/aromatic N) is 1. The fraction of sp³-hybridized carbons (Fsp3) is 0.171. The van der Waals surface area contributed by atoms with Gasteiger partial charge in [-0.15, -0.1) is 0 Å². The van der Waals surface area contributed by atoms with Crippen LogP contribution in [-0.2, 0) is 10.2 Å². The summed E-state index contributed by atoms with van der Waals surface area (Å²) >= 11 is 0. The zero-order chi connectivity index (χ0) is 26.3. The van der Waals surface area contributed by atoms with Gasteiger partial charge in [0.05, 0.1) is 11.3 Å². The molecule has 2 heterocycles. The third-order valence-electron chi connectivity index (χ3n) is 8.52. The number of unbranched alkanes of at least 4 members (excludes halogenated alkanes) is 1. The Balaban J connectivity index is 1.61. The Labute approximate surface area is 230 Å². The number of fused-ring (bicyclic) bond motifs is 4. The van der Waals surface area contributed by atoms with Gasteiger partial charge in [0, 0.05) is 11.1 Å². The predicted molar refractivity (Wildman–Crippen MR) is 159 cm³/mol. The molecule has 2 atom stereocenters. The van der Waals surface area contributed by atoms with Crippen molar-refractivity contribution in [1.29, 1.82) is 0 Å². The molecular weight excluding hydrogens is 477 g/mol. The summed E-state index contributed by atoms with van der Waals surface area (Å²) in [5.74, 6) is 0.893. The summed E-state index contributed by atoms with van der Waals surface area (Å²) in [4.78, 5) is 0. The van der Waals surface area contributed by atoms with Crippen molar-refractivity contribution in [3.8, 4) is 5.75 Å². The molecule has 0 saturated carbocycles. The van der Waals surface area contributed by atoms with Gasteiger partial charge >= 0.3 is 6.69 Å². The van der Waals surface area contributed by atoms with Crippen LogP contribution in [0.4, 0.5) is 0 Å². The maximum atomic E-state index is 7.37. The summed E-state index contributed by atoms with van der Waals surface area (Å²) in [6.45, 7) is 0.364. The van der Waals surface area contributed by atoms with Gasteiger partial charge in [-0.25, -0.2) is 0 Å². The van der Waals surface area contributed by atoms with Crippen molar-refractivity contribution in [2.45, 2.75) is 37.7 Å². The lowest BCUT2D eigenvalue weighted by atomic mass is 9.62. The Kier molecular flexibility index (Phi) is 5.86. The van der Waals surface area contributed by atoms with Gasteiger partial charge in [-0.05, 0) is 28.7 Å². The Morgan fingerprint density at radius 1 is 0.718 bits per heavy atom. The standard InChI is InChI=1S/C35H32BNO2/c1-2-3-25-36-37(26-32-31-22-14-13-15-27(31)23-24-33(32)38-36)35(29-18-9-5-10-19-29,30-20-11-6-12-21-30)34(39-36)28-16-7-4-8-17-28/h4-24,26,34H,2-3,25H2,1H3/t34-,36?/m1/s1. The van der Waals surface area contributed by atoms with Crippen LogP contribution in [0.5, 0.6) is 5.75 Å². The first-order valence-corrected chi connectivity index (χ1v) is 14.1. The predicted octanol–water partition coefficient (Wildman–Crippen LogP) is 8.12. The van der Waals surface area contributed by atoms with Crippen molar-refractivity contribution >= 4 is 23.7 Å². The fourth-order valence-electron chi connectivity index (χ4n) is 6.80. The molecule has 0 aliphatic carbocycles. The lowest BCUT2D eigenvalue weighted by Gasteiger charge is -2.41. The zero-order valence-electron chi connectivity index (χ0n) is 22.2. The smallest absolute Gasteiger partial charge is 0.595 e. The Hall–Kier alpha value is -4.15. The van der Waals surface area contributed by atoms with Crippen LogP contribution in [0.2, 0.25) is 6.32 Å². The van der Waals surface area contributed by atoms with Gasteiger partial charge < -0.3 is 13.8 Å². The molecule has 3 nitrogen and oxygen atoms in total. The van der Waals surface area contributed by atoms with Crippen LogP contribution in [0.15, 0.2) is 127 Å². The van der Waals surface area contributed by atoms with E-state index in [1.807, 2.05) is 0 Å². The highest BCUT2D eigenvalue weighted by molar-refractivity contribution is 6.61. The van der Waals surface area contributed by atoms with E-state index in [4.69, 9.17) is 9.31 Å². The van der Waals surface area contributed by atoms with Crippen LogP contribution in [0.25, 0.3) is 10.8 Å². The average Bonchev–Trinajstić information content (AvgIpc) is 3.31. The van der Waals surface area contributed by atoms with E-state index in [1.165, 1.54) is 21.9 Å². The minimum Gasteiger partial charge on any atom is -0.634 e. The van der Waals surface area contributed by atoms with E-state index in [1.54, 1.807) is 0 Å². The highest BCUT2D eigenvalue weighted by Crippen LogP contribution is 2.56. The summed E-state index contributed by atoms with van der Waals surface area (Å²) in [5, 5.41) is 2.39. The molecule has 2 aliphatic heterocycles. The van der Waals surface area contributed by atoms with Crippen LogP contribution in [-0.4, -0.2) is 17.4 Å². The largest absolute Gasteiger partial charge is 0.634 e. The second-order valence-corrected chi connectivity index (χ2v) is 10.7. The van der Waals surface area contributed by atoms with Crippen LogP contribution < -0.4 is 4.65 Å². The third kappa shape index (κ3) is 3.66. The molecule has 5 aromatic carbocycles. The first-order chi connectivity index (χ1) is 19.3. The molecule has 0 spiro atoms. The molecule has 39 heavy (non-hydrogen) atoms. The number of benzene rings is 5. The van der Waals surface area contributed by atoms with E-state index in [2.05, 4.69) is 145 Å². The molecule has 0 N–H and O–H groups in total. The maximum absolute atomic E-state index is 7.37. The van der Waals surface area contributed by atoms with E-state index in [0.29, 0.717) is 0 Å². The quantitative estimate of drug-likeness (QED) is 0.216. The highest BCUT2D eigenvalue weighted by atomic mass is 16.6. The second-order valence-electron chi connectivity index (χ2n) is 10.7. The minimum atomic E-state index is -1.87. The lowest BCUT2D eigenvalue weighted by molar-refractivity contribution is -0.492. The molecular formula is C35H32BNO2. The van der Waals surface area contributed by atoms with Gasteiger partial charge in [0.25, 0.3) is 0 Å². The summed E-state index contributed by atoms with van der Waals surface area (Å²) in [6, 6.07) is 45.2. The van der Waals surface area contributed by atoms with Crippen molar-refractivity contribution in [2.75, 3.05) is 0 Å². The molecule has 5 aromatic rings. The van der Waals surface area contributed by atoms with Crippen molar-refractivity contribution in [1.82, 2.24) is 0 Å². The van der Waals surface area contributed by atoms with Gasteiger partial charge in [0.2, 0.25) is 0 Å². The van der Waals surface area contributed by atoms with Crippen LogP contribution in [0.1, 0.15) is 48.1 Å². The molecule has 0 radical (unpaired) electrons. The molecule has 0 aromatic heterocycles. The molecule has 192 valence electrons. The Morgan fingerprint density at radius 3 is 2.00 bits per heavy atom. The molecule has 1 unspecified atom stereocenters. The van der Waals surface area contributed by atoms with Gasteiger partial charge in [-0.2, -0.15) is 0 Å². The normalized spacial score (nSPS) is 21.1. The number of rotatable bonds is 6. The van der Waals surface area contributed by atoms with E-state index in [9.17, 15) is 0 Å². The first kappa shape index (κ1) is 23.9. The van der Waals surface area contributed by atoms with Gasteiger partial charge in [0.1, 0.15) is 12.3 Å². The van der Waals surface area contributed by atoms with Crippen molar-refractivity contribution in [3.05, 3.63) is 150 Å². The van der Waals surface area contributed by atoms with Gasteiger partial charge in [0.15, 0.2) is 5.54 Å². The highest BCUT2D eigenvalue weighted by Gasteiger charge is 2.68. The summed E-state index contributed by atoms with van der Waals surface area (Å²) in [5.41, 5.74) is 3.99. The molecule has 1 saturated heterocycles. The van der Waals surface area contributed by atoms with Crippen LogP contribution >= 0.6 is 0 Å². The number of hydrogen-bond donors (Lipinski definition) is 0. The Bertz CT molecular complexity index is 1610. The SMILES string of the molecule is CCCC[B-]12Oc3ccc4ccccc4c3C=[N+]1C(c1ccccc1)(c1ccccc1)[C@@H](c1ccccc1)O2. The summed E-state index contributed by atoms with van der Waals surface area (Å²) in [6.07, 6.45) is 4.95. The molecule has 0 amide bonds. The molecule has 4 heteroatoms. The summed E-state index contributed by atoms with van der Waals surface area (Å²) in [7, 11) is 0.